The van der Waals surface area contributed by atoms with Crippen LogP contribution in [0.25, 0.3) is 11.3 Å². The Labute approximate surface area is 161 Å². The number of amides is 2. The fourth-order valence-corrected chi connectivity index (χ4v) is 2.73. The number of rotatable bonds is 6. The van der Waals surface area contributed by atoms with Crippen molar-refractivity contribution in [3.05, 3.63) is 84.3 Å². The van der Waals surface area contributed by atoms with E-state index in [9.17, 15) is 14.0 Å². The highest BCUT2D eigenvalue weighted by Gasteiger charge is 2.21. The molecule has 1 heterocycles. The van der Waals surface area contributed by atoms with Crippen LogP contribution in [0.15, 0.2) is 72.8 Å². The van der Waals surface area contributed by atoms with Crippen molar-refractivity contribution in [1.29, 1.82) is 0 Å². The van der Waals surface area contributed by atoms with Crippen molar-refractivity contribution in [2.45, 2.75) is 12.5 Å². The molecule has 0 saturated heterocycles. The van der Waals surface area contributed by atoms with Crippen LogP contribution in [0.3, 0.4) is 0 Å². The maximum absolute atomic E-state index is 13.3. The molecule has 3 N–H and O–H groups in total. The average Bonchev–Trinajstić information content (AvgIpc) is 2.68. The molecule has 1 atom stereocenters. The van der Waals surface area contributed by atoms with Gasteiger partial charge in [0.15, 0.2) is 0 Å². The number of aromatic nitrogens is 1. The molecule has 7 heteroatoms. The van der Waals surface area contributed by atoms with E-state index in [0.29, 0.717) is 16.9 Å². The largest absolute Gasteiger partial charge is 0.465 e. The van der Waals surface area contributed by atoms with E-state index in [-0.39, 0.29) is 6.42 Å². The zero-order valence-electron chi connectivity index (χ0n) is 14.8. The molecule has 142 valence electrons. The second-order valence-electron chi connectivity index (χ2n) is 6.10. The summed E-state index contributed by atoms with van der Waals surface area (Å²) in [6, 6.07) is 19.4. The zero-order valence-corrected chi connectivity index (χ0v) is 14.8. The summed E-state index contributed by atoms with van der Waals surface area (Å²) in [5.41, 5.74) is 2.51. The van der Waals surface area contributed by atoms with E-state index in [2.05, 4.69) is 15.6 Å². The topological polar surface area (TPSA) is 91.3 Å². The lowest BCUT2D eigenvalue weighted by Gasteiger charge is -2.17. The molecule has 0 aliphatic rings. The van der Waals surface area contributed by atoms with Crippen LogP contribution in [0.2, 0.25) is 0 Å². The fraction of sp³-hybridized carbons (Fsp3) is 0.0952. The predicted octanol–water partition coefficient (Wildman–Crippen LogP) is 3.71. The number of nitrogens with zero attached hydrogens (tertiary/aromatic N) is 1. The predicted molar refractivity (Wildman–Crippen MR) is 103 cm³/mol. The van der Waals surface area contributed by atoms with Crippen LogP contribution < -0.4 is 10.6 Å². The van der Waals surface area contributed by atoms with Gasteiger partial charge in [-0.2, -0.15) is 4.39 Å². The van der Waals surface area contributed by atoms with E-state index < -0.39 is 24.0 Å². The summed E-state index contributed by atoms with van der Waals surface area (Å²) in [7, 11) is 0. The van der Waals surface area contributed by atoms with E-state index in [1.165, 1.54) is 6.07 Å². The van der Waals surface area contributed by atoms with Crippen LogP contribution in [-0.4, -0.2) is 28.1 Å². The second kappa shape index (κ2) is 8.77. The lowest BCUT2D eigenvalue weighted by atomic mass is 10.1. The molecule has 0 spiro atoms. The number of nitrogens with one attached hydrogen (secondary N) is 2. The number of carboxylic acid groups (broad SMARTS) is 1. The van der Waals surface area contributed by atoms with Crippen LogP contribution in [0.4, 0.5) is 14.9 Å². The minimum atomic E-state index is -1.27. The smallest absolute Gasteiger partial charge is 0.405 e. The lowest BCUT2D eigenvalue weighted by molar-refractivity contribution is -0.118. The Morgan fingerprint density at radius 3 is 2.32 bits per heavy atom. The van der Waals surface area contributed by atoms with Gasteiger partial charge < -0.3 is 15.7 Å². The maximum atomic E-state index is 13.3. The van der Waals surface area contributed by atoms with Crippen molar-refractivity contribution in [2.24, 2.45) is 0 Å². The molecule has 0 saturated carbocycles. The van der Waals surface area contributed by atoms with Gasteiger partial charge >= 0.3 is 6.09 Å². The molecule has 0 aliphatic carbocycles. The Morgan fingerprint density at radius 2 is 1.68 bits per heavy atom. The van der Waals surface area contributed by atoms with E-state index in [4.69, 9.17) is 5.11 Å². The van der Waals surface area contributed by atoms with Crippen molar-refractivity contribution in [3.63, 3.8) is 0 Å². The maximum Gasteiger partial charge on any atom is 0.405 e. The quantitative estimate of drug-likeness (QED) is 0.570. The molecule has 28 heavy (non-hydrogen) atoms. The first-order chi connectivity index (χ1) is 13.5. The summed E-state index contributed by atoms with van der Waals surface area (Å²) < 4.78 is 13.3. The van der Waals surface area contributed by atoms with E-state index in [0.717, 1.165) is 5.56 Å². The molecule has 2 aromatic carbocycles. The number of carbonyl (C=O) groups excluding carboxylic acids is 1. The molecular formula is C21H18FN3O3. The van der Waals surface area contributed by atoms with Crippen LogP contribution in [-0.2, 0) is 11.2 Å². The van der Waals surface area contributed by atoms with Gasteiger partial charge in [-0.1, -0.05) is 48.5 Å². The molecule has 1 aromatic heterocycles. The molecule has 2 amide bonds. The van der Waals surface area contributed by atoms with Crippen LogP contribution in [0.5, 0.6) is 0 Å². The second-order valence-corrected chi connectivity index (χ2v) is 6.10. The van der Waals surface area contributed by atoms with Gasteiger partial charge in [-0.15, -0.1) is 0 Å². The number of pyridine rings is 1. The minimum absolute atomic E-state index is 0.226. The summed E-state index contributed by atoms with van der Waals surface area (Å²) >= 11 is 0. The van der Waals surface area contributed by atoms with Crippen molar-refractivity contribution < 1.29 is 19.1 Å². The van der Waals surface area contributed by atoms with Crippen molar-refractivity contribution >= 4 is 17.7 Å². The van der Waals surface area contributed by atoms with Crippen molar-refractivity contribution in [2.75, 3.05) is 5.32 Å². The molecule has 1 unspecified atom stereocenters. The van der Waals surface area contributed by atoms with E-state index in [1.54, 1.807) is 36.4 Å². The summed E-state index contributed by atoms with van der Waals surface area (Å²) in [5.74, 6) is -1.04. The first kappa shape index (κ1) is 19.0. The van der Waals surface area contributed by atoms with Gasteiger partial charge in [-0.3, -0.25) is 4.79 Å². The summed E-state index contributed by atoms with van der Waals surface area (Å²) in [6.45, 7) is 0. The Bertz CT molecular complexity index is 962. The lowest BCUT2D eigenvalue weighted by Crippen LogP contribution is -2.44. The van der Waals surface area contributed by atoms with Gasteiger partial charge in [0.2, 0.25) is 11.9 Å². The highest BCUT2D eigenvalue weighted by atomic mass is 19.1. The first-order valence-electron chi connectivity index (χ1n) is 8.58. The van der Waals surface area contributed by atoms with Gasteiger partial charge in [0, 0.05) is 17.7 Å². The van der Waals surface area contributed by atoms with Crippen LogP contribution in [0, 0.1) is 5.95 Å². The number of carbonyl (C=O) groups is 2. The summed E-state index contributed by atoms with van der Waals surface area (Å²) in [5, 5.41) is 14.0. The third-order valence-electron chi connectivity index (χ3n) is 4.06. The highest BCUT2D eigenvalue weighted by molar-refractivity contribution is 5.96. The number of hydrogen-bond acceptors (Lipinski definition) is 3. The first-order valence-corrected chi connectivity index (χ1v) is 8.58. The summed E-state index contributed by atoms with van der Waals surface area (Å²) in [4.78, 5) is 27.4. The normalized spacial score (nSPS) is 11.5. The van der Waals surface area contributed by atoms with Gasteiger partial charge in [0.1, 0.15) is 6.04 Å². The molecule has 6 nitrogen and oxygen atoms in total. The van der Waals surface area contributed by atoms with Crippen molar-refractivity contribution in [1.82, 2.24) is 10.3 Å². The summed E-state index contributed by atoms with van der Waals surface area (Å²) in [6.07, 6.45) is -1.05. The Hall–Kier alpha value is -3.74. The van der Waals surface area contributed by atoms with Crippen molar-refractivity contribution in [3.8, 4) is 11.3 Å². The average molecular weight is 379 g/mol. The van der Waals surface area contributed by atoms with Crippen LogP contribution >= 0.6 is 0 Å². The third kappa shape index (κ3) is 5.14. The number of hydrogen-bond donors (Lipinski definition) is 3. The SMILES string of the molecule is O=C(O)NC(Cc1ccccc1)C(=O)Nc1ccc(-c2cccc(F)n2)cc1. The molecular weight excluding hydrogens is 361 g/mol. The highest BCUT2D eigenvalue weighted by Crippen LogP contribution is 2.20. The van der Waals surface area contributed by atoms with Gasteiger partial charge in [0.25, 0.3) is 0 Å². The molecule has 0 bridgehead atoms. The molecule has 0 radical (unpaired) electrons. The minimum Gasteiger partial charge on any atom is -0.465 e. The molecule has 0 aliphatic heterocycles. The third-order valence-corrected chi connectivity index (χ3v) is 4.06. The zero-order chi connectivity index (χ0) is 19.9. The van der Waals surface area contributed by atoms with E-state index in [1.807, 2.05) is 30.3 Å². The molecule has 0 fully saturated rings. The van der Waals surface area contributed by atoms with Gasteiger partial charge in [-0.25, -0.2) is 9.78 Å². The molecule has 3 aromatic rings. The van der Waals surface area contributed by atoms with Gasteiger partial charge in [-0.05, 0) is 29.8 Å². The Balaban J connectivity index is 1.71. The van der Waals surface area contributed by atoms with Gasteiger partial charge in [0.05, 0.1) is 5.69 Å². The van der Waals surface area contributed by atoms with E-state index >= 15 is 0 Å². The number of benzene rings is 2. The Kier molecular flexibility index (Phi) is 5.96. The van der Waals surface area contributed by atoms with Crippen LogP contribution in [0.1, 0.15) is 5.56 Å². The standard InChI is InChI=1S/C21H18FN3O3/c22-19-8-4-7-17(24-19)15-9-11-16(12-10-15)23-20(26)18(25-21(27)28)13-14-5-2-1-3-6-14/h1-12,18,25H,13H2,(H,23,26)(H,27,28). The monoisotopic (exact) mass is 379 g/mol. The molecule has 3 rings (SSSR count). The number of halogens is 1. The Morgan fingerprint density at radius 1 is 0.964 bits per heavy atom. The number of anilines is 1. The fourth-order valence-electron chi connectivity index (χ4n) is 2.73.